The second-order valence-corrected chi connectivity index (χ2v) is 5.80. The van der Waals surface area contributed by atoms with Gasteiger partial charge in [-0.1, -0.05) is 36.4 Å². The zero-order valence-electron chi connectivity index (χ0n) is 10.5. The van der Waals surface area contributed by atoms with Crippen LogP contribution in [0.15, 0.2) is 78.0 Å². The number of benzene rings is 2. The Bertz CT molecular complexity index is 845. The minimum atomic E-state index is -3.84. The summed E-state index contributed by atoms with van der Waals surface area (Å²) >= 11 is 0. The van der Waals surface area contributed by atoms with E-state index >= 15 is 0 Å². The number of aromatic nitrogens is 1. The van der Waals surface area contributed by atoms with E-state index in [1.807, 2.05) is 24.3 Å². The molecule has 100 valence electrons. The van der Waals surface area contributed by atoms with Crippen molar-refractivity contribution < 1.29 is 17.4 Å². The summed E-state index contributed by atoms with van der Waals surface area (Å²) in [7, 11) is -3.84. The Balaban J connectivity index is 2.01. The first kappa shape index (κ1) is 12.6. The van der Waals surface area contributed by atoms with Crippen LogP contribution in [0.1, 0.15) is 0 Å². The van der Waals surface area contributed by atoms with Gasteiger partial charge in [0.25, 0.3) is 0 Å². The van der Waals surface area contributed by atoms with Gasteiger partial charge in [0.15, 0.2) is 0 Å². The molecule has 0 spiro atoms. The fraction of sp³-hybridized carbons (Fsp3) is 0. The van der Waals surface area contributed by atoms with E-state index in [-0.39, 0.29) is 4.90 Å². The molecule has 0 aliphatic carbocycles. The van der Waals surface area contributed by atoms with Gasteiger partial charge in [-0.15, -0.1) is 4.28 Å². The number of nitrogens with zero attached hydrogens (tertiary/aromatic N) is 1. The van der Waals surface area contributed by atoms with Gasteiger partial charge in [0.05, 0.1) is 0 Å². The minimum Gasteiger partial charge on any atom is -0.176 e. The van der Waals surface area contributed by atoms with E-state index in [1.165, 1.54) is 12.4 Å². The van der Waals surface area contributed by atoms with Crippen LogP contribution >= 0.6 is 0 Å². The largest absolute Gasteiger partial charge is 0.396 e. The molecule has 0 N–H and O–H groups in total. The monoisotopic (exact) mass is 286 g/mol. The Morgan fingerprint density at radius 3 is 2.25 bits per heavy atom. The maximum atomic E-state index is 12.2. The molecule has 0 aliphatic rings. The summed E-state index contributed by atoms with van der Waals surface area (Å²) in [6.07, 6.45) is 3.05. The van der Waals surface area contributed by atoms with Crippen molar-refractivity contribution in [3.05, 3.63) is 73.1 Å². The van der Waals surface area contributed by atoms with Gasteiger partial charge < -0.3 is 0 Å². The molecule has 0 bridgehead atoms. The first-order valence-electron chi connectivity index (χ1n) is 6.05. The van der Waals surface area contributed by atoms with Crippen LogP contribution in [0.5, 0.6) is 0 Å². The summed E-state index contributed by atoms with van der Waals surface area (Å²) < 4.78 is 30.6. The molecule has 1 aromatic heterocycles. The van der Waals surface area contributed by atoms with E-state index in [9.17, 15) is 8.42 Å². The molecule has 0 fully saturated rings. The zero-order chi connectivity index (χ0) is 14.0. The highest BCUT2D eigenvalue weighted by Crippen LogP contribution is 2.18. The quantitative estimate of drug-likeness (QED) is 0.691. The highest BCUT2D eigenvalue weighted by molar-refractivity contribution is 7.86. The van der Waals surface area contributed by atoms with Gasteiger partial charge in [0, 0.05) is 16.9 Å². The minimum absolute atomic E-state index is 0.132. The maximum absolute atomic E-state index is 12.2. The summed E-state index contributed by atoms with van der Waals surface area (Å²) in [6.45, 7) is 0. The lowest BCUT2D eigenvalue weighted by atomic mass is 10.1. The first-order chi connectivity index (χ1) is 9.65. The molecular formula is C15H12NO3S+. The van der Waals surface area contributed by atoms with Gasteiger partial charge in [-0.25, -0.2) is 0 Å². The second-order valence-electron chi connectivity index (χ2n) is 4.27. The van der Waals surface area contributed by atoms with Crippen LogP contribution in [0.25, 0.3) is 10.8 Å². The molecule has 0 aliphatic heterocycles. The lowest BCUT2D eigenvalue weighted by Crippen LogP contribution is -2.44. The summed E-state index contributed by atoms with van der Waals surface area (Å²) in [5.74, 6) is 0. The van der Waals surface area contributed by atoms with Crippen LogP contribution in [0.2, 0.25) is 0 Å². The molecular weight excluding hydrogens is 274 g/mol. The second kappa shape index (κ2) is 4.94. The van der Waals surface area contributed by atoms with Gasteiger partial charge in [0.1, 0.15) is 4.90 Å². The van der Waals surface area contributed by atoms with E-state index in [4.69, 9.17) is 4.28 Å². The Morgan fingerprint density at radius 1 is 0.800 bits per heavy atom. The van der Waals surface area contributed by atoms with Crippen LogP contribution < -0.4 is 9.01 Å². The standard InChI is InChI=1S/C15H12NO3S/c17-20(18,19-16-10-4-1-5-11-16)15-9-8-13-6-2-3-7-14(13)12-15/h1-12H/q+1. The molecule has 0 unspecified atom stereocenters. The number of rotatable bonds is 3. The normalized spacial score (nSPS) is 11.4. The molecule has 0 atom stereocenters. The molecule has 5 heteroatoms. The fourth-order valence-electron chi connectivity index (χ4n) is 1.91. The molecule has 3 rings (SSSR count). The van der Waals surface area contributed by atoms with E-state index in [0.717, 1.165) is 15.5 Å². The average Bonchev–Trinajstić information content (AvgIpc) is 2.47. The van der Waals surface area contributed by atoms with Crippen molar-refractivity contribution >= 4 is 20.9 Å². The van der Waals surface area contributed by atoms with Gasteiger partial charge in [-0.05, 0) is 22.9 Å². The van der Waals surface area contributed by atoms with Crippen molar-refractivity contribution in [3.8, 4) is 0 Å². The van der Waals surface area contributed by atoms with Crippen LogP contribution in [-0.2, 0) is 10.1 Å². The van der Waals surface area contributed by atoms with Gasteiger partial charge in [-0.3, -0.25) is 0 Å². The number of hydrogen-bond donors (Lipinski definition) is 0. The number of pyridine rings is 1. The summed E-state index contributed by atoms with van der Waals surface area (Å²) in [5.41, 5.74) is 0. The van der Waals surface area contributed by atoms with Crippen LogP contribution in [0.4, 0.5) is 0 Å². The van der Waals surface area contributed by atoms with Crippen molar-refractivity contribution in [3.63, 3.8) is 0 Å². The highest BCUT2D eigenvalue weighted by Gasteiger charge is 2.21. The topological polar surface area (TPSA) is 47.3 Å². The van der Waals surface area contributed by atoms with Crippen molar-refractivity contribution in [2.24, 2.45) is 0 Å². The lowest BCUT2D eigenvalue weighted by molar-refractivity contribution is -0.856. The summed E-state index contributed by atoms with van der Waals surface area (Å²) in [6, 6.07) is 17.6. The Morgan fingerprint density at radius 2 is 1.50 bits per heavy atom. The third-order valence-electron chi connectivity index (χ3n) is 2.88. The molecule has 20 heavy (non-hydrogen) atoms. The van der Waals surface area contributed by atoms with E-state index in [2.05, 4.69) is 0 Å². The van der Waals surface area contributed by atoms with Gasteiger partial charge in [-0.2, -0.15) is 8.42 Å². The molecule has 0 saturated heterocycles. The van der Waals surface area contributed by atoms with E-state index in [1.54, 1.807) is 36.4 Å². The number of hydrogen-bond acceptors (Lipinski definition) is 3. The molecule has 1 heterocycles. The molecule has 0 amide bonds. The fourth-order valence-corrected chi connectivity index (χ4v) is 2.83. The Hall–Kier alpha value is -2.40. The van der Waals surface area contributed by atoms with Crippen molar-refractivity contribution in [1.82, 2.24) is 0 Å². The van der Waals surface area contributed by atoms with Gasteiger partial charge in [0.2, 0.25) is 12.4 Å². The van der Waals surface area contributed by atoms with Crippen molar-refractivity contribution in [2.45, 2.75) is 4.90 Å². The maximum Gasteiger partial charge on any atom is 0.396 e. The predicted octanol–water partition coefficient (Wildman–Crippen LogP) is 1.94. The van der Waals surface area contributed by atoms with E-state index in [0.29, 0.717) is 0 Å². The zero-order valence-corrected chi connectivity index (χ0v) is 11.3. The van der Waals surface area contributed by atoms with Crippen LogP contribution in [0, 0.1) is 0 Å². The molecule has 0 saturated carbocycles. The smallest absolute Gasteiger partial charge is 0.176 e. The van der Waals surface area contributed by atoms with Gasteiger partial charge >= 0.3 is 10.1 Å². The molecule has 4 nitrogen and oxygen atoms in total. The van der Waals surface area contributed by atoms with Crippen molar-refractivity contribution in [2.75, 3.05) is 0 Å². The van der Waals surface area contributed by atoms with Crippen LogP contribution in [0.3, 0.4) is 0 Å². The average molecular weight is 286 g/mol. The molecule has 3 aromatic rings. The predicted molar refractivity (Wildman–Crippen MR) is 74.4 cm³/mol. The third kappa shape index (κ3) is 2.48. The number of fused-ring (bicyclic) bond motifs is 1. The first-order valence-corrected chi connectivity index (χ1v) is 7.46. The highest BCUT2D eigenvalue weighted by atomic mass is 32.2. The molecule has 2 aromatic carbocycles. The van der Waals surface area contributed by atoms with Crippen molar-refractivity contribution in [1.29, 1.82) is 0 Å². The molecule has 0 radical (unpaired) electrons. The Labute approximate surface area is 117 Å². The third-order valence-corrected chi connectivity index (χ3v) is 4.08. The van der Waals surface area contributed by atoms with Crippen LogP contribution in [-0.4, -0.2) is 8.42 Å². The summed E-state index contributed by atoms with van der Waals surface area (Å²) in [4.78, 5) is 0.132. The van der Waals surface area contributed by atoms with E-state index < -0.39 is 10.1 Å². The Kier molecular flexibility index (Phi) is 3.12. The SMILES string of the molecule is O=S(=O)(O[n+]1ccccc1)c1ccc2ccccc2c1. The lowest BCUT2D eigenvalue weighted by Gasteiger charge is -2.02. The summed E-state index contributed by atoms with van der Waals surface area (Å²) in [5, 5.41) is 1.84.